The Morgan fingerprint density at radius 2 is 1.77 bits per heavy atom. The maximum absolute atomic E-state index is 15.2. The Hall–Kier alpha value is -3.55. The monoisotopic (exact) mass is 797 g/mol. The van der Waals surface area contributed by atoms with Gasteiger partial charge in [-0.25, -0.2) is 0 Å². The van der Waals surface area contributed by atoms with Gasteiger partial charge in [0.1, 0.15) is 29.8 Å². The number of likely N-dealkylation sites (tertiary alicyclic amines) is 1. The van der Waals surface area contributed by atoms with Crippen molar-refractivity contribution in [3.8, 4) is 0 Å². The Morgan fingerprint density at radius 1 is 1.00 bits per heavy atom. The lowest BCUT2D eigenvalue weighted by atomic mass is 9.74. The Morgan fingerprint density at radius 3 is 2.50 bits per heavy atom. The lowest BCUT2D eigenvalue weighted by Gasteiger charge is -2.36. The van der Waals surface area contributed by atoms with Gasteiger partial charge in [0.05, 0.1) is 29.3 Å². The van der Waals surface area contributed by atoms with Gasteiger partial charge in [0, 0.05) is 37.7 Å². The highest BCUT2D eigenvalue weighted by atomic mass is 79.9. The highest BCUT2D eigenvalue weighted by molar-refractivity contribution is 9.11. The van der Waals surface area contributed by atoms with E-state index in [4.69, 9.17) is 25.8 Å². The molecule has 2 fully saturated rings. The number of nitrogens with zero attached hydrogens (tertiary/aromatic N) is 2. The number of hydrogen-bond acceptors (Lipinski definition) is 8. The molecule has 0 saturated carbocycles. The number of methoxy groups -OCH3 is 1. The van der Waals surface area contributed by atoms with Gasteiger partial charge in [-0.05, 0) is 49.5 Å². The summed E-state index contributed by atoms with van der Waals surface area (Å²) in [6.07, 6.45) is 6.87. The number of amides is 3. The van der Waals surface area contributed by atoms with Gasteiger partial charge in [-0.1, -0.05) is 95.0 Å². The molecule has 2 N–H and O–H groups in total. The molecule has 0 aliphatic carbocycles. The number of anilines is 1. The molecule has 6 rings (SSSR count). The van der Waals surface area contributed by atoms with Gasteiger partial charge in [-0.2, -0.15) is 0 Å². The number of halogens is 2. The first kappa shape index (κ1) is 38.2. The van der Waals surface area contributed by atoms with E-state index in [9.17, 15) is 19.5 Å². The van der Waals surface area contributed by atoms with Crippen LogP contribution >= 0.6 is 27.5 Å². The quantitative estimate of drug-likeness (QED) is 0.191. The van der Waals surface area contributed by atoms with Crippen LogP contribution in [0.15, 0.2) is 71.2 Å². The number of allylic oxidation sites excluding steroid dienone is 1. The fraction of sp³-hybridized carbons (Fsp3) is 0.487. The van der Waals surface area contributed by atoms with Crippen molar-refractivity contribution >= 4 is 56.9 Å². The molecule has 0 aromatic heterocycles. The second kappa shape index (κ2) is 16.6. The number of aliphatic hydroxyl groups excluding tert-OH is 1. The van der Waals surface area contributed by atoms with Crippen molar-refractivity contribution in [3.63, 3.8) is 0 Å². The molecule has 4 heterocycles. The van der Waals surface area contributed by atoms with Crippen molar-refractivity contribution in [2.24, 2.45) is 11.8 Å². The molecule has 2 saturated heterocycles. The average molecular weight is 799 g/mol. The van der Waals surface area contributed by atoms with Gasteiger partial charge >= 0.3 is 5.97 Å². The normalized spacial score (nSPS) is 29.9. The SMILES string of the molecule is COC[C@@H]1NC(=O)CC/C=C\CN(c2c(C)cccc2Cl)C(=O)[C@H]2N(CCCCCCO)C(=O)[C@@H]3[C@@H](C(=O)O[C@H]1c1ccccc1)[C@@H]1O[C@@]32C=C1Br. The molecule has 4 aliphatic rings. The molecular formula is C39H45BrClN3O8. The maximum atomic E-state index is 15.2. The minimum Gasteiger partial charge on any atom is -0.455 e. The van der Waals surface area contributed by atoms with Crippen molar-refractivity contribution in [3.05, 3.63) is 87.4 Å². The first-order valence-electron chi connectivity index (χ1n) is 17.9. The molecule has 11 nitrogen and oxygen atoms in total. The zero-order chi connectivity index (χ0) is 37.0. The Balaban J connectivity index is 1.47. The maximum Gasteiger partial charge on any atom is 0.313 e. The van der Waals surface area contributed by atoms with Crippen LogP contribution in [0.3, 0.4) is 0 Å². The summed E-state index contributed by atoms with van der Waals surface area (Å²) in [7, 11) is 1.51. The number of benzene rings is 2. The molecule has 1 spiro atoms. The van der Waals surface area contributed by atoms with E-state index >= 15 is 4.79 Å². The van der Waals surface area contributed by atoms with Crippen LogP contribution in [-0.2, 0) is 33.4 Å². The van der Waals surface area contributed by atoms with Crippen molar-refractivity contribution in [1.82, 2.24) is 10.2 Å². The van der Waals surface area contributed by atoms with E-state index < -0.39 is 53.6 Å². The molecule has 5 bridgehead atoms. The predicted molar refractivity (Wildman–Crippen MR) is 199 cm³/mol. The van der Waals surface area contributed by atoms with Gasteiger partial charge in [0.15, 0.2) is 0 Å². The number of nitrogens with one attached hydrogen (secondary N) is 1. The summed E-state index contributed by atoms with van der Waals surface area (Å²) >= 11 is 10.4. The third-order valence-corrected chi connectivity index (χ3v) is 11.4. The molecule has 4 aliphatic heterocycles. The lowest BCUT2D eigenvalue weighted by Crippen LogP contribution is -2.56. The molecule has 13 heteroatoms. The average Bonchev–Trinajstić information content (AvgIpc) is 3.72. The van der Waals surface area contributed by atoms with Crippen molar-refractivity contribution in [2.45, 2.75) is 75.3 Å². The van der Waals surface area contributed by atoms with Crippen LogP contribution in [0.25, 0.3) is 0 Å². The third-order valence-electron chi connectivity index (χ3n) is 10.4. The lowest BCUT2D eigenvalue weighted by molar-refractivity contribution is -0.162. The van der Waals surface area contributed by atoms with E-state index in [2.05, 4.69) is 21.2 Å². The number of fused-ring (bicyclic) bond motifs is 2. The molecule has 52 heavy (non-hydrogen) atoms. The van der Waals surface area contributed by atoms with Gasteiger partial charge in [0.25, 0.3) is 5.91 Å². The van der Waals surface area contributed by atoms with Crippen LogP contribution < -0.4 is 10.2 Å². The fourth-order valence-electron chi connectivity index (χ4n) is 8.06. The number of rotatable bonds is 10. The van der Waals surface area contributed by atoms with Crippen molar-refractivity contribution < 1.29 is 38.5 Å². The topological polar surface area (TPSA) is 135 Å². The number of esters is 1. The van der Waals surface area contributed by atoms with Gasteiger partial charge in [-0.15, -0.1) is 0 Å². The Bertz CT molecular complexity index is 1700. The summed E-state index contributed by atoms with van der Waals surface area (Å²) in [4.78, 5) is 60.9. The third kappa shape index (κ3) is 7.33. The number of aryl methyl sites for hydroxylation is 1. The molecular weight excluding hydrogens is 754 g/mol. The van der Waals surface area contributed by atoms with Gasteiger partial charge < -0.3 is 34.4 Å². The van der Waals surface area contributed by atoms with Gasteiger partial charge in [0.2, 0.25) is 11.8 Å². The summed E-state index contributed by atoms with van der Waals surface area (Å²) in [5.74, 6) is -3.85. The highest BCUT2D eigenvalue weighted by Gasteiger charge is 2.75. The van der Waals surface area contributed by atoms with Crippen LogP contribution in [0.4, 0.5) is 5.69 Å². The van der Waals surface area contributed by atoms with Crippen LogP contribution in [0.5, 0.6) is 0 Å². The summed E-state index contributed by atoms with van der Waals surface area (Å²) in [6.45, 7) is 2.36. The number of unbranched alkanes of at least 4 members (excludes halogenated alkanes) is 3. The Kier molecular flexibility index (Phi) is 12.2. The standard InChI is InChI=1S/C39H45BrClN3O8/c1-24-14-13-17-27(41)32(24)43-19-11-6-9-18-29(46)42-28(23-50-2)33(25-15-7-5-8-16-25)51-38(49)30-31-36(47)44(20-10-3-4-12-21-45)35(37(43)48)39(31)22-26(40)34(30)52-39/h5-8,11,13-17,22,28,30-31,33-35,45H,3-4,9-10,12,18-21,23H2,1-2H3,(H,42,46)/b11-6-/t28-,30+,31-,33-,34+,35+,39-/m0/s1. The smallest absolute Gasteiger partial charge is 0.313 e. The Labute approximate surface area is 317 Å². The minimum absolute atomic E-state index is 0.0572. The number of carbonyl (C=O) groups excluding carboxylic acids is 4. The van der Waals surface area contributed by atoms with Crippen LogP contribution in [0.2, 0.25) is 5.02 Å². The molecule has 0 unspecified atom stereocenters. The number of carbonyl (C=O) groups is 4. The zero-order valence-electron chi connectivity index (χ0n) is 29.3. The van der Waals surface area contributed by atoms with E-state index in [1.165, 1.54) is 7.11 Å². The summed E-state index contributed by atoms with van der Waals surface area (Å²) in [6, 6.07) is 12.6. The second-order valence-electron chi connectivity index (χ2n) is 13.8. The van der Waals surface area contributed by atoms with Crippen LogP contribution in [0.1, 0.15) is 55.8 Å². The molecule has 0 radical (unpaired) electrons. The van der Waals surface area contributed by atoms with E-state index in [-0.39, 0.29) is 44.5 Å². The van der Waals surface area contributed by atoms with E-state index in [1.807, 2.05) is 61.5 Å². The van der Waals surface area contributed by atoms with E-state index in [0.717, 1.165) is 18.4 Å². The number of cyclic esters (lactones) is 1. The summed E-state index contributed by atoms with van der Waals surface area (Å²) in [5.41, 5.74) is 0.439. The predicted octanol–water partition coefficient (Wildman–Crippen LogP) is 5.17. The van der Waals surface area contributed by atoms with Gasteiger partial charge in [-0.3, -0.25) is 19.2 Å². The van der Waals surface area contributed by atoms with E-state index in [1.54, 1.807) is 21.9 Å². The fourth-order valence-corrected chi connectivity index (χ4v) is 9.12. The summed E-state index contributed by atoms with van der Waals surface area (Å²) < 4.78 is 19.1. The second-order valence-corrected chi connectivity index (χ2v) is 15.1. The van der Waals surface area contributed by atoms with Crippen molar-refractivity contribution in [2.75, 3.05) is 38.3 Å². The molecule has 3 amide bonds. The van der Waals surface area contributed by atoms with E-state index in [0.29, 0.717) is 40.0 Å². The van der Waals surface area contributed by atoms with Crippen LogP contribution in [-0.4, -0.2) is 90.9 Å². The highest BCUT2D eigenvalue weighted by Crippen LogP contribution is 2.59. The zero-order valence-corrected chi connectivity index (χ0v) is 31.7. The first-order chi connectivity index (χ1) is 25.1. The molecule has 2 aromatic carbocycles. The molecule has 2 aromatic rings. The number of ether oxygens (including phenoxy) is 3. The number of para-hydroxylation sites is 1. The largest absolute Gasteiger partial charge is 0.455 e. The summed E-state index contributed by atoms with van der Waals surface area (Å²) in [5, 5.41) is 12.7. The number of aliphatic hydroxyl groups is 1. The van der Waals surface area contributed by atoms with Crippen LogP contribution in [0, 0.1) is 18.8 Å². The molecule has 7 atom stereocenters. The minimum atomic E-state index is -1.47. The van der Waals surface area contributed by atoms with Crippen molar-refractivity contribution in [1.29, 1.82) is 0 Å². The molecule has 278 valence electrons. The number of hydrogen-bond donors (Lipinski definition) is 2. The first-order valence-corrected chi connectivity index (χ1v) is 19.0.